The first-order chi connectivity index (χ1) is 11.0. The number of hydrogen-bond acceptors (Lipinski definition) is 5. The van der Waals surface area contributed by atoms with Crippen molar-refractivity contribution in [3.63, 3.8) is 0 Å². The van der Waals surface area contributed by atoms with Gasteiger partial charge in [0.15, 0.2) is 12.4 Å². The number of amides is 1. The van der Waals surface area contributed by atoms with Gasteiger partial charge in [-0.2, -0.15) is 5.10 Å². The summed E-state index contributed by atoms with van der Waals surface area (Å²) < 4.78 is 1.22. The third-order valence-electron chi connectivity index (χ3n) is 3.31. The normalized spacial score (nSPS) is 10.9. The lowest BCUT2D eigenvalue weighted by Gasteiger charge is -2.02. The number of aryl methyl sites for hydroxylation is 2. The molecule has 0 aliphatic heterocycles. The van der Waals surface area contributed by atoms with Crippen LogP contribution in [0.1, 0.15) is 23.9 Å². The second-order valence-corrected chi connectivity index (χ2v) is 4.90. The average molecular weight is 315 g/mol. The van der Waals surface area contributed by atoms with Gasteiger partial charge < -0.3 is 10.1 Å². The number of nitrogens with zero attached hydrogens (tertiary/aromatic N) is 4. The molecule has 1 N–H and O–H groups in total. The van der Waals surface area contributed by atoms with Crippen molar-refractivity contribution in [1.29, 1.82) is 0 Å². The van der Waals surface area contributed by atoms with Gasteiger partial charge in [0.25, 0.3) is 5.91 Å². The van der Waals surface area contributed by atoms with Crippen LogP contribution >= 0.6 is 0 Å². The SMILES string of the molecule is CCc1ccc(/C=N/NC(=O)Cn2c([N+](=O)[O-])cnc2C)cc1. The molecule has 0 fully saturated rings. The van der Waals surface area contributed by atoms with Gasteiger partial charge in [-0.05, 0) is 22.5 Å². The van der Waals surface area contributed by atoms with Crippen LogP contribution in [0, 0.1) is 17.0 Å². The number of carbonyl (C=O) groups is 1. The van der Waals surface area contributed by atoms with Gasteiger partial charge in [-0.3, -0.25) is 4.79 Å². The average Bonchev–Trinajstić information content (AvgIpc) is 2.89. The van der Waals surface area contributed by atoms with E-state index in [0.717, 1.165) is 18.2 Å². The molecule has 8 heteroatoms. The quantitative estimate of drug-likeness (QED) is 0.499. The zero-order chi connectivity index (χ0) is 16.8. The van der Waals surface area contributed by atoms with Crippen molar-refractivity contribution >= 4 is 17.9 Å². The molecule has 1 heterocycles. The molecule has 0 aliphatic rings. The number of rotatable bonds is 6. The van der Waals surface area contributed by atoms with Gasteiger partial charge in [0.05, 0.1) is 6.21 Å². The fourth-order valence-electron chi connectivity index (χ4n) is 1.99. The first-order valence-electron chi connectivity index (χ1n) is 7.08. The number of aromatic nitrogens is 2. The molecular formula is C15H17N5O3. The highest BCUT2D eigenvalue weighted by molar-refractivity contribution is 5.82. The minimum atomic E-state index is -0.578. The van der Waals surface area contributed by atoms with Crippen molar-refractivity contribution in [2.24, 2.45) is 5.10 Å². The topological polar surface area (TPSA) is 102 Å². The van der Waals surface area contributed by atoms with E-state index >= 15 is 0 Å². The highest BCUT2D eigenvalue weighted by atomic mass is 16.6. The van der Waals surface area contributed by atoms with Crippen molar-refractivity contribution < 1.29 is 9.72 Å². The van der Waals surface area contributed by atoms with Crippen LogP contribution in [0.4, 0.5) is 5.82 Å². The smallest absolute Gasteiger partial charge is 0.343 e. The van der Waals surface area contributed by atoms with Gasteiger partial charge >= 0.3 is 5.82 Å². The fraction of sp³-hybridized carbons (Fsp3) is 0.267. The Morgan fingerprint density at radius 2 is 2.13 bits per heavy atom. The maximum atomic E-state index is 11.8. The summed E-state index contributed by atoms with van der Waals surface area (Å²) in [4.78, 5) is 25.9. The zero-order valence-corrected chi connectivity index (χ0v) is 12.9. The lowest BCUT2D eigenvalue weighted by Crippen LogP contribution is -2.24. The lowest BCUT2D eigenvalue weighted by molar-refractivity contribution is -0.392. The second-order valence-electron chi connectivity index (χ2n) is 4.90. The molecule has 23 heavy (non-hydrogen) atoms. The first-order valence-corrected chi connectivity index (χ1v) is 7.08. The number of nitrogens with one attached hydrogen (secondary N) is 1. The highest BCUT2D eigenvalue weighted by Gasteiger charge is 2.19. The molecule has 1 aromatic heterocycles. The number of hydrazone groups is 1. The van der Waals surface area contributed by atoms with Gasteiger partial charge in [-0.1, -0.05) is 31.2 Å². The molecular weight excluding hydrogens is 298 g/mol. The van der Waals surface area contributed by atoms with Crippen molar-refractivity contribution in [2.45, 2.75) is 26.8 Å². The highest BCUT2D eigenvalue weighted by Crippen LogP contribution is 2.12. The molecule has 8 nitrogen and oxygen atoms in total. The Morgan fingerprint density at radius 3 is 2.74 bits per heavy atom. The van der Waals surface area contributed by atoms with Crippen LogP contribution in [0.15, 0.2) is 35.6 Å². The van der Waals surface area contributed by atoms with Gasteiger partial charge in [0, 0.05) is 6.92 Å². The van der Waals surface area contributed by atoms with E-state index in [2.05, 4.69) is 22.4 Å². The van der Waals surface area contributed by atoms with Crippen LogP contribution in [0.25, 0.3) is 0 Å². The van der Waals surface area contributed by atoms with Gasteiger partial charge in [-0.15, -0.1) is 0 Å². The number of imidazole rings is 1. The van der Waals surface area contributed by atoms with E-state index in [9.17, 15) is 14.9 Å². The van der Waals surface area contributed by atoms with Crippen LogP contribution in [0.3, 0.4) is 0 Å². The van der Waals surface area contributed by atoms with Crippen molar-refractivity contribution in [3.8, 4) is 0 Å². The maximum Gasteiger partial charge on any atom is 0.343 e. The molecule has 2 rings (SSSR count). The summed E-state index contributed by atoms with van der Waals surface area (Å²) in [5.41, 5.74) is 4.42. The summed E-state index contributed by atoms with van der Waals surface area (Å²) in [6.07, 6.45) is 3.60. The zero-order valence-electron chi connectivity index (χ0n) is 12.9. The third kappa shape index (κ3) is 4.22. The molecule has 0 unspecified atom stereocenters. The van der Waals surface area contributed by atoms with E-state index in [1.807, 2.05) is 24.3 Å². The van der Waals surface area contributed by atoms with E-state index in [0.29, 0.717) is 5.82 Å². The summed E-state index contributed by atoms with van der Waals surface area (Å²) >= 11 is 0. The van der Waals surface area contributed by atoms with Crippen LogP contribution in [-0.2, 0) is 17.8 Å². The fourth-order valence-corrected chi connectivity index (χ4v) is 1.99. The first kappa shape index (κ1) is 16.3. The standard InChI is InChI=1S/C15H17N5O3/c1-3-12-4-6-13(7-5-12)8-17-18-14(21)10-19-11(2)16-9-15(19)20(22)23/h4-9H,3,10H2,1-2H3,(H,18,21)/b17-8+. The van der Waals surface area contributed by atoms with E-state index in [1.54, 1.807) is 6.92 Å². The predicted octanol–water partition coefficient (Wildman–Crippen LogP) is 1.81. The van der Waals surface area contributed by atoms with Crippen LogP contribution in [0.2, 0.25) is 0 Å². The summed E-state index contributed by atoms with van der Waals surface area (Å²) in [5.74, 6) is -0.293. The molecule has 1 aromatic carbocycles. The molecule has 1 amide bonds. The molecule has 0 bridgehead atoms. The molecule has 0 spiro atoms. The number of carbonyl (C=O) groups excluding carboxylic acids is 1. The summed E-state index contributed by atoms with van der Waals surface area (Å²) in [6, 6.07) is 7.78. The molecule has 120 valence electrons. The van der Waals surface area contributed by atoms with Crippen molar-refractivity contribution in [3.05, 3.63) is 57.5 Å². The van der Waals surface area contributed by atoms with Crippen molar-refractivity contribution in [2.75, 3.05) is 0 Å². The van der Waals surface area contributed by atoms with Gasteiger partial charge in [0.2, 0.25) is 0 Å². The Kier molecular flexibility index (Phi) is 5.19. The second kappa shape index (κ2) is 7.30. The van der Waals surface area contributed by atoms with E-state index in [1.165, 1.54) is 16.3 Å². The number of benzene rings is 1. The van der Waals surface area contributed by atoms with Crippen LogP contribution in [0.5, 0.6) is 0 Å². The molecule has 0 saturated carbocycles. The molecule has 2 aromatic rings. The largest absolute Gasteiger partial charge is 0.358 e. The number of nitro groups is 1. The molecule has 0 atom stereocenters. The number of hydrogen-bond donors (Lipinski definition) is 1. The Morgan fingerprint density at radius 1 is 1.43 bits per heavy atom. The van der Waals surface area contributed by atoms with E-state index < -0.39 is 10.8 Å². The molecule has 0 saturated heterocycles. The summed E-state index contributed by atoms with van der Waals surface area (Å²) in [6.45, 7) is 3.45. The Hall–Kier alpha value is -3.03. The maximum absolute atomic E-state index is 11.8. The molecule has 0 aliphatic carbocycles. The van der Waals surface area contributed by atoms with Gasteiger partial charge in [0.1, 0.15) is 6.20 Å². The summed E-state index contributed by atoms with van der Waals surface area (Å²) in [7, 11) is 0. The van der Waals surface area contributed by atoms with Crippen LogP contribution < -0.4 is 5.43 Å². The summed E-state index contributed by atoms with van der Waals surface area (Å²) in [5, 5.41) is 14.7. The molecule has 0 radical (unpaired) electrons. The Balaban J connectivity index is 1.96. The third-order valence-corrected chi connectivity index (χ3v) is 3.31. The van der Waals surface area contributed by atoms with E-state index in [-0.39, 0.29) is 12.4 Å². The Bertz CT molecular complexity index is 734. The van der Waals surface area contributed by atoms with Gasteiger partial charge in [-0.25, -0.2) is 15.0 Å². The lowest BCUT2D eigenvalue weighted by atomic mass is 10.1. The van der Waals surface area contributed by atoms with Crippen LogP contribution in [-0.4, -0.2) is 26.6 Å². The monoisotopic (exact) mass is 315 g/mol. The minimum absolute atomic E-state index is 0.214. The van der Waals surface area contributed by atoms with E-state index in [4.69, 9.17) is 0 Å². The minimum Gasteiger partial charge on any atom is -0.358 e. The Labute approximate surface area is 133 Å². The predicted molar refractivity (Wildman–Crippen MR) is 85.2 cm³/mol. The van der Waals surface area contributed by atoms with Crippen molar-refractivity contribution in [1.82, 2.24) is 15.0 Å².